The molecule has 0 bridgehead atoms. The van der Waals surface area contributed by atoms with Crippen LogP contribution in [-0.2, 0) is 11.2 Å². The molecule has 0 saturated heterocycles. The molecule has 1 aliphatic heterocycles. The largest absolute Gasteiger partial charge is 0.332 e. The number of carbonyl (C=O) groups excluding carboxylic acids is 1. The van der Waals surface area contributed by atoms with Gasteiger partial charge in [0.15, 0.2) is 0 Å². The SMILES string of the molecule is CCC1c2ccccc2CCN1C(=O)C(F)Cl. The van der Waals surface area contributed by atoms with Crippen molar-refractivity contribution < 1.29 is 9.18 Å². The van der Waals surface area contributed by atoms with Gasteiger partial charge in [-0.25, -0.2) is 4.39 Å². The minimum absolute atomic E-state index is 0.0514. The number of rotatable bonds is 2. The van der Waals surface area contributed by atoms with E-state index in [4.69, 9.17) is 11.6 Å². The Bertz CT molecular complexity index is 422. The number of fused-ring (bicyclic) bond motifs is 1. The molecule has 0 spiro atoms. The first-order chi connectivity index (χ1) is 8.15. The second-order valence-electron chi connectivity index (χ2n) is 4.21. The maximum Gasteiger partial charge on any atom is 0.273 e. The predicted octanol–water partition coefficient (Wildman–Crippen LogP) is 3.06. The van der Waals surface area contributed by atoms with Gasteiger partial charge in [0.1, 0.15) is 0 Å². The van der Waals surface area contributed by atoms with E-state index in [9.17, 15) is 9.18 Å². The molecule has 92 valence electrons. The Morgan fingerprint density at radius 1 is 1.59 bits per heavy atom. The number of carbonyl (C=O) groups is 1. The highest BCUT2D eigenvalue weighted by Gasteiger charge is 2.32. The van der Waals surface area contributed by atoms with Crippen molar-refractivity contribution in [2.45, 2.75) is 31.4 Å². The Labute approximate surface area is 105 Å². The highest BCUT2D eigenvalue weighted by Crippen LogP contribution is 2.32. The molecule has 1 amide bonds. The van der Waals surface area contributed by atoms with Crippen LogP contribution in [0.2, 0.25) is 0 Å². The molecule has 1 heterocycles. The van der Waals surface area contributed by atoms with Crippen LogP contribution in [0, 0.1) is 0 Å². The van der Waals surface area contributed by atoms with E-state index >= 15 is 0 Å². The van der Waals surface area contributed by atoms with Gasteiger partial charge >= 0.3 is 0 Å². The van der Waals surface area contributed by atoms with Crippen molar-refractivity contribution in [2.75, 3.05) is 6.54 Å². The average molecular weight is 256 g/mol. The summed E-state index contributed by atoms with van der Waals surface area (Å²) < 4.78 is 12.9. The lowest BCUT2D eigenvalue weighted by atomic mass is 9.91. The summed E-state index contributed by atoms with van der Waals surface area (Å²) in [7, 11) is 0. The third kappa shape index (κ3) is 2.29. The normalized spacial score (nSPS) is 20.9. The molecule has 2 atom stereocenters. The monoisotopic (exact) mass is 255 g/mol. The fraction of sp³-hybridized carbons (Fsp3) is 0.462. The van der Waals surface area contributed by atoms with E-state index < -0.39 is 11.5 Å². The average Bonchev–Trinajstić information content (AvgIpc) is 2.36. The minimum Gasteiger partial charge on any atom is -0.332 e. The summed E-state index contributed by atoms with van der Waals surface area (Å²) in [5.74, 6) is -0.618. The molecule has 1 aromatic rings. The molecule has 0 saturated carbocycles. The van der Waals surface area contributed by atoms with Crippen molar-refractivity contribution in [3.8, 4) is 0 Å². The number of nitrogens with zero attached hydrogens (tertiary/aromatic N) is 1. The molecule has 0 aromatic heterocycles. The summed E-state index contributed by atoms with van der Waals surface area (Å²) in [5.41, 5.74) is 0.426. The number of hydrogen-bond acceptors (Lipinski definition) is 1. The molecule has 0 fully saturated rings. The number of alkyl halides is 2. The smallest absolute Gasteiger partial charge is 0.273 e. The zero-order chi connectivity index (χ0) is 12.4. The zero-order valence-corrected chi connectivity index (χ0v) is 10.5. The minimum atomic E-state index is -1.94. The van der Waals surface area contributed by atoms with Crippen molar-refractivity contribution >= 4 is 17.5 Å². The van der Waals surface area contributed by atoms with Crippen LogP contribution < -0.4 is 0 Å². The van der Waals surface area contributed by atoms with Gasteiger partial charge in [-0.05, 0) is 24.0 Å². The maximum atomic E-state index is 12.9. The quantitative estimate of drug-likeness (QED) is 0.744. The lowest BCUT2D eigenvalue weighted by Crippen LogP contribution is -2.42. The van der Waals surface area contributed by atoms with Crippen LogP contribution in [-0.4, -0.2) is 23.0 Å². The Morgan fingerprint density at radius 3 is 2.94 bits per heavy atom. The molecule has 0 N–H and O–H groups in total. The second kappa shape index (κ2) is 5.05. The number of benzene rings is 1. The van der Waals surface area contributed by atoms with E-state index in [0.717, 1.165) is 18.4 Å². The molecule has 2 nitrogen and oxygen atoms in total. The summed E-state index contributed by atoms with van der Waals surface area (Å²) in [6.45, 7) is 2.54. The molecule has 2 rings (SSSR count). The summed E-state index contributed by atoms with van der Waals surface area (Å²) in [5, 5.41) is 0. The van der Waals surface area contributed by atoms with Gasteiger partial charge in [-0.15, -0.1) is 0 Å². The van der Waals surface area contributed by atoms with Gasteiger partial charge in [0.25, 0.3) is 11.5 Å². The first kappa shape index (κ1) is 12.4. The maximum absolute atomic E-state index is 12.9. The zero-order valence-electron chi connectivity index (χ0n) is 9.70. The predicted molar refractivity (Wildman–Crippen MR) is 65.6 cm³/mol. The molecule has 0 radical (unpaired) electrons. The molecule has 2 unspecified atom stereocenters. The first-order valence-corrected chi connectivity index (χ1v) is 6.25. The molecule has 1 aromatic carbocycles. The molecule has 1 aliphatic rings. The number of halogens is 2. The number of amides is 1. The van der Waals surface area contributed by atoms with Gasteiger partial charge in [0.05, 0.1) is 6.04 Å². The third-order valence-corrected chi connectivity index (χ3v) is 3.46. The highest BCUT2D eigenvalue weighted by molar-refractivity contribution is 6.29. The van der Waals surface area contributed by atoms with Crippen LogP contribution in [0.1, 0.15) is 30.5 Å². The topological polar surface area (TPSA) is 20.3 Å². The van der Waals surface area contributed by atoms with E-state index in [1.54, 1.807) is 4.90 Å². The number of hydrogen-bond donors (Lipinski definition) is 0. The van der Waals surface area contributed by atoms with Crippen LogP contribution in [0.5, 0.6) is 0 Å². The van der Waals surface area contributed by atoms with Crippen molar-refractivity contribution in [3.05, 3.63) is 35.4 Å². The van der Waals surface area contributed by atoms with E-state index in [0.29, 0.717) is 6.54 Å². The Hall–Kier alpha value is -1.09. The van der Waals surface area contributed by atoms with Gasteiger partial charge in [-0.1, -0.05) is 42.8 Å². The standard InChI is InChI=1S/C13H15ClFNO/c1-2-11-10-6-4-3-5-9(10)7-8-16(11)13(17)12(14)15/h3-6,11-12H,2,7-8H2,1H3. The van der Waals surface area contributed by atoms with Gasteiger partial charge in [-0.3, -0.25) is 4.79 Å². The highest BCUT2D eigenvalue weighted by atomic mass is 35.5. The summed E-state index contributed by atoms with van der Waals surface area (Å²) in [4.78, 5) is 13.3. The van der Waals surface area contributed by atoms with E-state index in [2.05, 4.69) is 6.07 Å². The molecule has 0 aliphatic carbocycles. The van der Waals surface area contributed by atoms with Gasteiger partial charge < -0.3 is 4.90 Å². The van der Waals surface area contributed by atoms with Gasteiger partial charge in [-0.2, -0.15) is 0 Å². The van der Waals surface area contributed by atoms with E-state index in [1.165, 1.54) is 5.56 Å². The van der Waals surface area contributed by atoms with Crippen molar-refractivity contribution in [3.63, 3.8) is 0 Å². The first-order valence-electron chi connectivity index (χ1n) is 5.81. The summed E-state index contributed by atoms with van der Waals surface area (Å²) in [6, 6.07) is 7.95. The second-order valence-corrected chi connectivity index (χ2v) is 4.59. The lowest BCUT2D eigenvalue weighted by molar-refractivity contribution is -0.136. The van der Waals surface area contributed by atoms with Crippen molar-refractivity contribution in [1.29, 1.82) is 0 Å². The third-order valence-electron chi connectivity index (χ3n) is 3.27. The molecular weight excluding hydrogens is 241 g/mol. The Morgan fingerprint density at radius 2 is 2.29 bits per heavy atom. The Kier molecular flexibility index (Phi) is 3.67. The molecular formula is C13H15ClFNO. The van der Waals surface area contributed by atoms with E-state index in [1.807, 2.05) is 25.1 Å². The molecule has 4 heteroatoms. The van der Waals surface area contributed by atoms with Crippen LogP contribution in [0.3, 0.4) is 0 Å². The van der Waals surface area contributed by atoms with Crippen LogP contribution in [0.25, 0.3) is 0 Å². The fourth-order valence-electron chi connectivity index (χ4n) is 2.48. The summed E-state index contributed by atoms with van der Waals surface area (Å²) >= 11 is 5.25. The van der Waals surface area contributed by atoms with Gasteiger partial charge in [0.2, 0.25) is 0 Å². The van der Waals surface area contributed by atoms with E-state index in [-0.39, 0.29) is 6.04 Å². The van der Waals surface area contributed by atoms with Crippen LogP contribution in [0.15, 0.2) is 24.3 Å². The van der Waals surface area contributed by atoms with Crippen LogP contribution in [0.4, 0.5) is 4.39 Å². The van der Waals surface area contributed by atoms with Gasteiger partial charge in [0, 0.05) is 6.54 Å². The summed E-state index contributed by atoms with van der Waals surface area (Å²) in [6.07, 6.45) is 1.54. The van der Waals surface area contributed by atoms with Crippen molar-refractivity contribution in [2.24, 2.45) is 0 Å². The Balaban J connectivity index is 2.32. The fourth-order valence-corrected chi connectivity index (χ4v) is 2.61. The van der Waals surface area contributed by atoms with Crippen molar-refractivity contribution in [1.82, 2.24) is 4.90 Å². The van der Waals surface area contributed by atoms with Crippen LogP contribution >= 0.6 is 11.6 Å². The lowest BCUT2D eigenvalue weighted by Gasteiger charge is -2.37. The molecule has 17 heavy (non-hydrogen) atoms.